The third-order valence-electron chi connectivity index (χ3n) is 7.61. The van der Waals surface area contributed by atoms with Crippen LogP contribution >= 0.6 is 23.1 Å². The van der Waals surface area contributed by atoms with Crippen LogP contribution in [0, 0.1) is 13.8 Å². The minimum Gasteiger partial charge on any atom is -0.463 e. The van der Waals surface area contributed by atoms with E-state index in [2.05, 4.69) is 14.6 Å². The number of esters is 1. The number of furan rings is 1. The summed E-state index contributed by atoms with van der Waals surface area (Å²) < 4.78 is 12.2. The number of amides is 3. The van der Waals surface area contributed by atoms with E-state index in [9.17, 15) is 19.2 Å². The molecule has 1 aliphatic carbocycles. The lowest BCUT2D eigenvalue weighted by atomic mass is 9.95. The summed E-state index contributed by atoms with van der Waals surface area (Å²) in [4.78, 5) is 54.1. The molecule has 3 amide bonds. The molecule has 1 N–H and O–H groups in total. The molecule has 2 aliphatic rings. The normalized spacial score (nSPS) is 15.7. The number of hydrogen-bond donors (Lipinski definition) is 1. The van der Waals surface area contributed by atoms with E-state index in [0.29, 0.717) is 11.3 Å². The molecule has 0 saturated carbocycles. The molecule has 9 nitrogen and oxygen atoms in total. The number of methoxy groups -OCH3 is 1. The Morgan fingerprint density at radius 3 is 2.60 bits per heavy atom. The number of carbonyl (C=O) groups excluding carboxylic acids is 4. The molecule has 0 spiro atoms. The van der Waals surface area contributed by atoms with Crippen molar-refractivity contribution < 1.29 is 28.3 Å². The maximum atomic E-state index is 13.7. The molecule has 11 heteroatoms. The molecule has 6 rings (SSSR count). The molecule has 1 aromatic carbocycles. The number of nitrogens with zero attached hydrogens (tertiary/aromatic N) is 2. The van der Waals surface area contributed by atoms with E-state index in [1.54, 1.807) is 23.5 Å². The average Bonchev–Trinajstić information content (AvgIpc) is 3.75. The van der Waals surface area contributed by atoms with Crippen molar-refractivity contribution in [1.82, 2.24) is 9.47 Å². The number of nitrogens with one attached hydrogen (secondary N) is 1. The summed E-state index contributed by atoms with van der Waals surface area (Å²) in [6.45, 7) is 3.83. The maximum absolute atomic E-state index is 13.7. The largest absolute Gasteiger partial charge is 0.463 e. The highest BCUT2D eigenvalue weighted by Gasteiger charge is 2.36. The van der Waals surface area contributed by atoms with E-state index in [-0.39, 0.29) is 23.1 Å². The van der Waals surface area contributed by atoms with Crippen LogP contribution in [0.15, 0.2) is 57.9 Å². The number of anilines is 1. The fourth-order valence-corrected chi connectivity index (χ4v) is 7.84. The Morgan fingerprint density at radius 2 is 1.84 bits per heavy atom. The number of carbonyl (C=O) groups is 4. The summed E-state index contributed by atoms with van der Waals surface area (Å²) >= 11 is 2.51. The molecule has 220 valence electrons. The summed E-state index contributed by atoms with van der Waals surface area (Å²) in [6, 6.07) is 14.4. The van der Waals surface area contributed by atoms with Crippen LogP contribution in [-0.2, 0) is 28.9 Å². The molecule has 0 bridgehead atoms. The van der Waals surface area contributed by atoms with Gasteiger partial charge in [0.25, 0.3) is 17.1 Å². The van der Waals surface area contributed by atoms with Crippen LogP contribution in [0.4, 0.5) is 10.5 Å². The van der Waals surface area contributed by atoms with E-state index in [1.165, 1.54) is 18.1 Å². The van der Waals surface area contributed by atoms with Crippen molar-refractivity contribution in [1.29, 1.82) is 0 Å². The van der Waals surface area contributed by atoms with Crippen molar-refractivity contribution >= 4 is 57.9 Å². The minimum absolute atomic E-state index is 0.000436. The Bertz CT molecular complexity index is 1800. The van der Waals surface area contributed by atoms with Gasteiger partial charge in [0.15, 0.2) is 0 Å². The summed E-state index contributed by atoms with van der Waals surface area (Å²) in [7, 11) is 1.25. The summed E-state index contributed by atoms with van der Waals surface area (Å²) in [5.74, 6) is -0.915. The van der Waals surface area contributed by atoms with Crippen LogP contribution in [0.5, 0.6) is 0 Å². The Hall–Kier alpha value is -4.35. The minimum atomic E-state index is -0.636. The van der Waals surface area contributed by atoms with Crippen molar-refractivity contribution in [3.63, 3.8) is 0 Å². The van der Waals surface area contributed by atoms with Crippen molar-refractivity contribution in [2.45, 2.75) is 46.1 Å². The van der Waals surface area contributed by atoms with Crippen molar-refractivity contribution in [2.75, 3.05) is 12.4 Å². The first-order chi connectivity index (χ1) is 20.7. The fourth-order valence-electron chi connectivity index (χ4n) is 5.51. The zero-order chi connectivity index (χ0) is 30.2. The Kier molecular flexibility index (Phi) is 7.85. The topological polar surface area (TPSA) is 111 Å². The zero-order valence-electron chi connectivity index (χ0n) is 23.9. The van der Waals surface area contributed by atoms with Gasteiger partial charge in [-0.05, 0) is 98.8 Å². The number of aryl methyl sites for hydroxylation is 2. The monoisotopic (exact) mass is 615 g/mol. The molecule has 3 aromatic heterocycles. The summed E-state index contributed by atoms with van der Waals surface area (Å²) in [5, 5.41) is 3.51. The SMILES string of the molecule is COC(=O)c1ccc(CN2C(=O)S/C(=C/c3cc(C)n(-c4sc5c(c4C(=O)Nc4ccccc4)CCCC5)c3C)C2=O)o1. The first-order valence-corrected chi connectivity index (χ1v) is 15.5. The number of para-hydroxylation sites is 1. The third-order valence-corrected chi connectivity index (χ3v) is 9.79. The zero-order valence-corrected chi connectivity index (χ0v) is 25.5. The Morgan fingerprint density at radius 1 is 1.07 bits per heavy atom. The number of rotatable bonds is 7. The van der Waals surface area contributed by atoms with Gasteiger partial charge < -0.3 is 19.0 Å². The molecule has 0 atom stereocenters. The van der Waals surface area contributed by atoms with Gasteiger partial charge in [-0.3, -0.25) is 19.3 Å². The molecular formula is C32H29N3O6S2. The smallest absolute Gasteiger partial charge is 0.373 e. The lowest BCUT2D eigenvalue weighted by molar-refractivity contribution is -0.123. The van der Waals surface area contributed by atoms with E-state index in [1.807, 2.05) is 50.2 Å². The van der Waals surface area contributed by atoms with Crippen molar-refractivity contribution in [2.24, 2.45) is 0 Å². The first kappa shape index (κ1) is 28.8. The fraction of sp³-hybridized carbons (Fsp3) is 0.250. The first-order valence-electron chi connectivity index (χ1n) is 13.9. The van der Waals surface area contributed by atoms with Gasteiger partial charge in [-0.1, -0.05) is 18.2 Å². The van der Waals surface area contributed by atoms with Crippen LogP contribution in [0.25, 0.3) is 11.1 Å². The van der Waals surface area contributed by atoms with Gasteiger partial charge in [-0.2, -0.15) is 0 Å². The van der Waals surface area contributed by atoms with E-state index < -0.39 is 17.1 Å². The van der Waals surface area contributed by atoms with Crippen LogP contribution < -0.4 is 5.32 Å². The van der Waals surface area contributed by atoms with Crippen LogP contribution in [-0.4, -0.2) is 39.6 Å². The number of imide groups is 1. The Labute approximate surface area is 256 Å². The predicted molar refractivity (Wildman–Crippen MR) is 166 cm³/mol. The van der Waals surface area contributed by atoms with Crippen molar-refractivity contribution in [3.8, 4) is 5.00 Å². The van der Waals surface area contributed by atoms with Crippen LogP contribution in [0.3, 0.4) is 0 Å². The molecule has 43 heavy (non-hydrogen) atoms. The van der Waals surface area contributed by atoms with E-state index in [4.69, 9.17) is 4.42 Å². The molecule has 0 unspecified atom stereocenters. The quantitative estimate of drug-likeness (QED) is 0.178. The highest BCUT2D eigenvalue weighted by atomic mass is 32.2. The highest BCUT2D eigenvalue weighted by molar-refractivity contribution is 8.18. The number of benzene rings is 1. The number of thiophene rings is 1. The molecule has 1 fully saturated rings. The number of fused-ring (bicyclic) bond motifs is 1. The van der Waals surface area contributed by atoms with Crippen LogP contribution in [0.1, 0.15) is 66.9 Å². The molecule has 4 aromatic rings. The maximum Gasteiger partial charge on any atom is 0.373 e. The second-order valence-electron chi connectivity index (χ2n) is 10.4. The third kappa shape index (κ3) is 5.46. The molecule has 4 heterocycles. The number of ether oxygens (including phenoxy) is 1. The van der Waals surface area contributed by atoms with E-state index in [0.717, 1.165) is 75.5 Å². The van der Waals surface area contributed by atoms with Gasteiger partial charge in [0.05, 0.1) is 24.1 Å². The lowest BCUT2D eigenvalue weighted by Crippen LogP contribution is -2.27. The lowest BCUT2D eigenvalue weighted by Gasteiger charge is -2.14. The van der Waals surface area contributed by atoms with E-state index >= 15 is 0 Å². The molecule has 0 radical (unpaired) electrons. The van der Waals surface area contributed by atoms with Gasteiger partial charge in [0, 0.05) is 22.0 Å². The summed E-state index contributed by atoms with van der Waals surface area (Å²) in [5.41, 5.74) is 5.12. The number of hydrogen-bond acceptors (Lipinski definition) is 8. The van der Waals surface area contributed by atoms with Crippen LogP contribution in [0.2, 0.25) is 0 Å². The highest BCUT2D eigenvalue weighted by Crippen LogP contribution is 2.40. The van der Waals surface area contributed by atoms with Gasteiger partial charge in [-0.15, -0.1) is 11.3 Å². The summed E-state index contributed by atoms with van der Waals surface area (Å²) in [6.07, 6.45) is 5.67. The number of thioether (sulfide) groups is 1. The molecule has 1 aliphatic heterocycles. The van der Waals surface area contributed by atoms with Gasteiger partial charge in [0.1, 0.15) is 10.8 Å². The standard InChI is InChI=1S/C32H29N3O6S2/c1-18-15-20(16-26-29(37)34(32(39)43-26)17-22-13-14-24(41-22)31(38)40-3)19(2)35(18)30-27(23-11-7-8-12-25(23)42-30)28(36)33-21-9-5-4-6-10-21/h4-6,9-10,13-16H,7-8,11-12,17H2,1-3H3,(H,33,36)/b26-16+. The van der Waals surface area contributed by atoms with Gasteiger partial charge in [0.2, 0.25) is 5.76 Å². The molecular weight excluding hydrogens is 587 g/mol. The second kappa shape index (κ2) is 11.7. The van der Waals surface area contributed by atoms with Gasteiger partial charge in [-0.25, -0.2) is 4.79 Å². The Balaban J connectivity index is 1.31. The molecule has 1 saturated heterocycles. The predicted octanol–water partition coefficient (Wildman–Crippen LogP) is 6.90. The average molecular weight is 616 g/mol. The van der Waals surface area contributed by atoms with Gasteiger partial charge >= 0.3 is 5.97 Å². The number of aromatic nitrogens is 1. The van der Waals surface area contributed by atoms with Crippen molar-refractivity contribution in [3.05, 3.63) is 97.9 Å². The second-order valence-corrected chi connectivity index (χ2v) is 12.5.